The van der Waals surface area contributed by atoms with Crippen LogP contribution in [0.1, 0.15) is 22.8 Å². The Bertz CT molecular complexity index is 725. The van der Waals surface area contributed by atoms with Crippen LogP contribution in [0.4, 0.5) is 4.79 Å². The Hall–Kier alpha value is -3.28. The van der Waals surface area contributed by atoms with Crippen molar-refractivity contribution in [3.8, 4) is 0 Å². The van der Waals surface area contributed by atoms with E-state index in [1.807, 2.05) is 30.3 Å². The zero-order valence-electron chi connectivity index (χ0n) is 12.6. The monoisotopic (exact) mass is 308 g/mol. The molecule has 0 radical (unpaired) electrons. The van der Waals surface area contributed by atoms with Gasteiger partial charge in [-0.2, -0.15) is 5.10 Å². The lowest BCUT2D eigenvalue weighted by molar-refractivity contribution is 0.0965. The molecule has 2 N–H and O–H groups in total. The third-order valence-corrected chi connectivity index (χ3v) is 2.77. The van der Waals surface area contributed by atoms with E-state index in [1.165, 1.54) is 0 Å². The van der Waals surface area contributed by atoms with E-state index in [0.29, 0.717) is 5.56 Å². The zero-order valence-corrected chi connectivity index (χ0v) is 12.6. The third kappa shape index (κ3) is 5.55. The van der Waals surface area contributed by atoms with Crippen LogP contribution in [-0.2, 0) is 0 Å². The van der Waals surface area contributed by atoms with Crippen LogP contribution in [0.3, 0.4) is 0 Å². The van der Waals surface area contributed by atoms with E-state index >= 15 is 0 Å². The number of urea groups is 1. The van der Waals surface area contributed by atoms with Gasteiger partial charge in [-0.3, -0.25) is 15.4 Å². The number of carbonyl (C=O) groups excluding carboxylic acids is 2. The maximum absolute atomic E-state index is 11.8. The molecule has 0 aliphatic rings. The molecule has 2 rings (SSSR count). The number of amidine groups is 1. The lowest BCUT2D eigenvalue weighted by atomic mass is 10.2. The predicted octanol–water partition coefficient (Wildman–Crippen LogP) is 2.58. The first-order chi connectivity index (χ1) is 11.1. The molecule has 0 aromatic heterocycles. The topological polar surface area (TPSA) is 82.9 Å². The van der Waals surface area contributed by atoms with E-state index in [4.69, 9.17) is 0 Å². The van der Waals surface area contributed by atoms with E-state index < -0.39 is 11.9 Å². The van der Waals surface area contributed by atoms with Crippen molar-refractivity contribution in [3.63, 3.8) is 0 Å². The summed E-state index contributed by atoms with van der Waals surface area (Å²) in [6.07, 6.45) is 1.57. The van der Waals surface area contributed by atoms with E-state index in [1.54, 1.807) is 43.5 Å². The molecule has 0 heterocycles. The van der Waals surface area contributed by atoms with Crippen molar-refractivity contribution < 1.29 is 9.59 Å². The van der Waals surface area contributed by atoms with Crippen molar-refractivity contribution >= 4 is 24.0 Å². The normalized spacial score (nSPS) is 11.3. The first kappa shape index (κ1) is 16.1. The number of hydrogen-bond acceptors (Lipinski definition) is 4. The van der Waals surface area contributed by atoms with E-state index in [0.717, 1.165) is 5.56 Å². The molecule has 0 unspecified atom stereocenters. The van der Waals surface area contributed by atoms with Gasteiger partial charge in [-0.25, -0.2) is 4.79 Å². The number of amides is 3. The largest absolute Gasteiger partial charge is 0.327 e. The van der Waals surface area contributed by atoms with Gasteiger partial charge in [-0.1, -0.05) is 48.5 Å². The number of rotatable bonds is 3. The summed E-state index contributed by atoms with van der Waals surface area (Å²) in [7, 11) is 0. The minimum absolute atomic E-state index is 0.274. The Morgan fingerprint density at radius 1 is 0.913 bits per heavy atom. The van der Waals surface area contributed by atoms with Gasteiger partial charge < -0.3 is 0 Å². The molecule has 2 aromatic rings. The molecule has 6 heteroatoms. The number of nitrogens with zero attached hydrogens (tertiary/aromatic N) is 2. The van der Waals surface area contributed by atoms with Crippen molar-refractivity contribution in [2.24, 2.45) is 10.2 Å². The second-order valence-electron chi connectivity index (χ2n) is 4.61. The van der Waals surface area contributed by atoms with E-state index in [-0.39, 0.29) is 5.84 Å². The minimum atomic E-state index is -0.657. The quantitative estimate of drug-likeness (QED) is 0.519. The smallest absolute Gasteiger partial charge is 0.294 e. The van der Waals surface area contributed by atoms with Crippen molar-refractivity contribution in [3.05, 3.63) is 71.8 Å². The van der Waals surface area contributed by atoms with Crippen LogP contribution in [0, 0.1) is 0 Å². The highest BCUT2D eigenvalue weighted by Crippen LogP contribution is 1.97. The van der Waals surface area contributed by atoms with Crippen LogP contribution in [0.5, 0.6) is 0 Å². The molecule has 3 amide bonds. The fourth-order valence-electron chi connectivity index (χ4n) is 1.71. The number of carbonyl (C=O) groups is 2. The molecular formula is C17H16N4O2. The van der Waals surface area contributed by atoms with Crippen molar-refractivity contribution in [2.75, 3.05) is 0 Å². The molecule has 0 saturated carbocycles. The Labute approximate surface area is 133 Å². The number of nitrogens with one attached hydrogen (secondary N) is 2. The first-order valence-electron chi connectivity index (χ1n) is 6.95. The first-order valence-corrected chi connectivity index (χ1v) is 6.95. The van der Waals surface area contributed by atoms with Gasteiger partial charge in [0.1, 0.15) is 5.84 Å². The fraction of sp³-hybridized carbons (Fsp3) is 0.0588. The van der Waals surface area contributed by atoms with Crippen LogP contribution in [0.15, 0.2) is 70.9 Å². The van der Waals surface area contributed by atoms with Gasteiger partial charge in [0.15, 0.2) is 0 Å². The molecule has 0 bridgehead atoms. The molecule has 0 saturated heterocycles. The van der Waals surface area contributed by atoms with Gasteiger partial charge >= 0.3 is 6.03 Å². The van der Waals surface area contributed by atoms with E-state index in [2.05, 4.69) is 20.8 Å². The highest BCUT2D eigenvalue weighted by molar-refractivity contribution is 6.08. The van der Waals surface area contributed by atoms with Gasteiger partial charge in [0.05, 0.1) is 6.21 Å². The summed E-state index contributed by atoms with van der Waals surface area (Å²) in [5.74, 6) is -0.209. The summed E-state index contributed by atoms with van der Waals surface area (Å²) in [5, 5.41) is 12.4. The summed E-state index contributed by atoms with van der Waals surface area (Å²) < 4.78 is 0. The van der Waals surface area contributed by atoms with Crippen LogP contribution in [0.25, 0.3) is 0 Å². The highest BCUT2D eigenvalue weighted by Gasteiger charge is 2.09. The Balaban J connectivity index is 1.86. The molecule has 0 aliphatic heterocycles. The Morgan fingerprint density at radius 2 is 1.52 bits per heavy atom. The van der Waals surface area contributed by atoms with Gasteiger partial charge in [0, 0.05) is 5.56 Å². The van der Waals surface area contributed by atoms with Gasteiger partial charge in [0.2, 0.25) is 0 Å². The third-order valence-electron chi connectivity index (χ3n) is 2.77. The van der Waals surface area contributed by atoms with Crippen LogP contribution >= 0.6 is 0 Å². The highest BCUT2D eigenvalue weighted by atomic mass is 16.2. The summed E-state index contributed by atoms with van der Waals surface area (Å²) in [4.78, 5) is 23.5. The van der Waals surface area contributed by atoms with Crippen LogP contribution < -0.4 is 10.6 Å². The molecule has 2 aromatic carbocycles. The molecule has 0 spiro atoms. The van der Waals surface area contributed by atoms with Gasteiger partial charge in [0.25, 0.3) is 5.91 Å². The molecule has 0 fully saturated rings. The molecule has 0 aliphatic carbocycles. The second kappa shape index (κ2) is 8.23. The van der Waals surface area contributed by atoms with Crippen LogP contribution in [0.2, 0.25) is 0 Å². The number of benzene rings is 2. The SMILES string of the molecule is C/C(=N/N=C/c1ccccc1)NC(=O)NC(=O)c1ccccc1. The molecule has 116 valence electrons. The van der Waals surface area contributed by atoms with Crippen molar-refractivity contribution in [2.45, 2.75) is 6.92 Å². The maximum atomic E-state index is 11.8. The van der Waals surface area contributed by atoms with E-state index in [9.17, 15) is 9.59 Å². The Morgan fingerprint density at radius 3 is 2.17 bits per heavy atom. The van der Waals surface area contributed by atoms with Crippen molar-refractivity contribution in [1.29, 1.82) is 0 Å². The van der Waals surface area contributed by atoms with Gasteiger partial charge in [-0.15, -0.1) is 5.10 Å². The number of hydrogen-bond donors (Lipinski definition) is 2. The summed E-state index contributed by atoms with van der Waals surface area (Å²) in [5.41, 5.74) is 1.30. The second-order valence-corrected chi connectivity index (χ2v) is 4.61. The summed E-state index contributed by atoms with van der Waals surface area (Å²) in [6, 6.07) is 17.3. The Kier molecular flexibility index (Phi) is 5.76. The molecular weight excluding hydrogens is 292 g/mol. The van der Waals surface area contributed by atoms with Gasteiger partial charge in [-0.05, 0) is 24.6 Å². The minimum Gasteiger partial charge on any atom is -0.294 e. The summed E-state index contributed by atoms with van der Waals surface area (Å²) >= 11 is 0. The fourth-order valence-corrected chi connectivity index (χ4v) is 1.71. The lowest BCUT2D eigenvalue weighted by Crippen LogP contribution is -2.41. The average molecular weight is 308 g/mol. The standard InChI is InChI=1S/C17H16N4O2/c1-13(21-18-12-14-8-4-2-5-9-14)19-17(23)20-16(22)15-10-6-3-7-11-15/h2-12H,1H3,(H2,19,20,21,22,23)/b18-12+. The zero-order chi connectivity index (χ0) is 16.5. The maximum Gasteiger partial charge on any atom is 0.327 e. The van der Waals surface area contributed by atoms with Crippen LogP contribution in [-0.4, -0.2) is 24.0 Å². The van der Waals surface area contributed by atoms with Crippen molar-refractivity contribution in [1.82, 2.24) is 10.6 Å². The average Bonchev–Trinajstić information content (AvgIpc) is 2.56. The lowest BCUT2D eigenvalue weighted by Gasteiger charge is -2.05. The molecule has 6 nitrogen and oxygen atoms in total. The predicted molar refractivity (Wildman–Crippen MR) is 89.6 cm³/mol. The summed E-state index contributed by atoms with van der Waals surface area (Å²) in [6.45, 7) is 1.58. The molecule has 23 heavy (non-hydrogen) atoms. The molecule has 0 atom stereocenters. The number of imide groups is 1.